The molecule has 1 aromatic heterocycles. The topological polar surface area (TPSA) is 8.17 Å². The van der Waals surface area contributed by atoms with Crippen LogP contribution >= 0.6 is 0 Å². The van der Waals surface area contributed by atoms with E-state index in [1.54, 1.807) is 0 Å². The third kappa shape index (κ3) is 4.43. The van der Waals surface area contributed by atoms with Crippen molar-refractivity contribution < 1.29 is 0 Å². The molecule has 0 unspecified atom stereocenters. The van der Waals surface area contributed by atoms with E-state index in [-0.39, 0.29) is 5.41 Å². The smallest absolute Gasteiger partial charge is 0.0781 e. The molecule has 242 valence electrons. The van der Waals surface area contributed by atoms with Gasteiger partial charge in [0.2, 0.25) is 0 Å². The predicted molar refractivity (Wildman–Crippen MR) is 216 cm³/mol. The molecule has 0 fully saturated rings. The first-order valence-corrected chi connectivity index (χ1v) is 17.8. The molecule has 10 rings (SSSR count). The van der Waals surface area contributed by atoms with E-state index in [4.69, 9.17) is 0 Å². The van der Waals surface area contributed by atoms with E-state index in [1.165, 1.54) is 71.6 Å². The van der Waals surface area contributed by atoms with E-state index in [0.29, 0.717) is 0 Å². The fourth-order valence-corrected chi connectivity index (χ4v) is 8.67. The molecule has 0 saturated carbocycles. The second-order valence-corrected chi connectivity index (χ2v) is 14.1. The van der Waals surface area contributed by atoms with Gasteiger partial charge in [-0.2, -0.15) is 0 Å². The summed E-state index contributed by atoms with van der Waals surface area (Å²) in [5.41, 5.74) is 14.5. The lowest BCUT2D eigenvalue weighted by Crippen LogP contribution is -2.21. The molecule has 1 heterocycles. The van der Waals surface area contributed by atoms with Gasteiger partial charge in [0.1, 0.15) is 0 Å². The van der Waals surface area contributed by atoms with Crippen LogP contribution in [-0.2, 0) is 5.41 Å². The molecule has 1 aliphatic rings. The SMILES string of the molecule is CC1(C)c2ccccc2-c2cccc(N(c3ccc(-c4ccccc4)cc3)c3c(-n4c5ccccc5c5ccccc54)ccc4ccccc34)c21. The van der Waals surface area contributed by atoms with Crippen LogP contribution in [0.3, 0.4) is 0 Å². The number of aromatic nitrogens is 1. The Bertz CT molecular complexity index is 2720. The Morgan fingerprint density at radius 3 is 1.78 bits per heavy atom. The molecule has 2 heteroatoms. The van der Waals surface area contributed by atoms with Gasteiger partial charge in [0.15, 0.2) is 0 Å². The van der Waals surface area contributed by atoms with Gasteiger partial charge in [-0.25, -0.2) is 0 Å². The molecule has 0 spiro atoms. The molecule has 0 atom stereocenters. The van der Waals surface area contributed by atoms with Gasteiger partial charge >= 0.3 is 0 Å². The highest BCUT2D eigenvalue weighted by molar-refractivity contribution is 6.12. The normalized spacial score (nSPS) is 13.1. The fraction of sp³-hybridized carbons (Fsp3) is 0.0612. The summed E-state index contributed by atoms with van der Waals surface area (Å²) in [5.74, 6) is 0. The zero-order valence-corrected chi connectivity index (χ0v) is 28.7. The first-order chi connectivity index (χ1) is 25.1. The van der Waals surface area contributed by atoms with Crippen molar-refractivity contribution in [3.8, 4) is 27.9 Å². The second-order valence-electron chi connectivity index (χ2n) is 14.1. The van der Waals surface area contributed by atoms with Gasteiger partial charge in [0.25, 0.3) is 0 Å². The van der Waals surface area contributed by atoms with Gasteiger partial charge in [-0.3, -0.25) is 0 Å². The number of para-hydroxylation sites is 2. The molecule has 51 heavy (non-hydrogen) atoms. The fourth-order valence-electron chi connectivity index (χ4n) is 8.67. The Morgan fingerprint density at radius 1 is 0.451 bits per heavy atom. The molecular formula is C49H36N2. The van der Waals surface area contributed by atoms with Crippen molar-refractivity contribution in [2.45, 2.75) is 19.3 Å². The second kappa shape index (κ2) is 11.3. The number of benzene rings is 8. The minimum Gasteiger partial charge on any atom is -0.307 e. The Balaban J connectivity index is 1.33. The van der Waals surface area contributed by atoms with Crippen molar-refractivity contribution >= 4 is 49.6 Å². The van der Waals surface area contributed by atoms with Crippen LogP contribution in [-0.4, -0.2) is 4.57 Å². The summed E-state index contributed by atoms with van der Waals surface area (Å²) in [4.78, 5) is 2.54. The first-order valence-electron chi connectivity index (χ1n) is 17.8. The van der Waals surface area contributed by atoms with Crippen LogP contribution in [0.15, 0.2) is 182 Å². The van der Waals surface area contributed by atoms with Crippen molar-refractivity contribution in [2.75, 3.05) is 4.90 Å². The highest BCUT2D eigenvalue weighted by Gasteiger charge is 2.39. The highest BCUT2D eigenvalue weighted by atomic mass is 15.2. The van der Waals surface area contributed by atoms with Crippen LogP contribution in [0.1, 0.15) is 25.0 Å². The number of hydrogen-bond acceptors (Lipinski definition) is 1. The Labute approximate surface area is 298 Å². The third-order valence-electron chi connectivity index (χ3n) is 11.0. The zero-order chi connectivity index (χ0) is 34.1. The molecule has 2 nitrogen and oxygen atoms in total. The summed E-state index contributed by atoms with van der Waals surface area (Å²) in [5, 5.41) is 4.92. The van der Waals surface area contributed by atoms with Gasteiger partial charge in [0, 0.05) is 27.3 Å². The molecule has 1 aliphatic carbocycles. The van der Waals surface area contributed by atoms with Crippen molar-refractivity contribution in [1.82, 2.24) is 4.57 Å². The first kappa shape index (κ1) is 29.5. The minimum atomic E-state index is -0.206. The molecule has 0 saturated heterocycles. The largest absolute Gasteiger partial charge is 0.307 e. The van der Waals surface area contributed by atoms with Crippen LogP contribution in [0.25, 0.3) is 60.5 Å². The van der Waals surface area contributed by atoms with Gasteiger partial charge in [0.05, 0.1) is 28.1 Å². The lowest BCUT2D eigenvalue weighted by Gasteiger charge is -2.34. The summed E-state index contributed by atoms with van der Waals surface area (Å²) in [6.45, 7) is 4.77. The molecule has 0 aliphatic heterocycles. The van der Waals surface area contributed by atoms with Crippen LogP contribution in [0.5, 0.6) is 0 Å². The van der Waals surface area contributed by atoms with E-state index >= 15 is 0 Å². The summed E-state index contributed by atoms with van der Waals surface area (Å²) in [6, 6.07) is 66.7. The minimum absolute atomic E-state index is 0.206. The lowest BCUT2D eigenvalue weighted by atomic mass is 9.81. The molecule has 9 aromatic rings. The molecule has 0 radical (unpaired) electrons. The maximum absolute atomic E-state index is 2.54. The number of nitrogens with zero attached hydrogens (tertiary/aromatic N) is 2. The zero-order valence-electron chi connectivity index (χ0n) is 28.7. The van der Waals surface area contributed by atoms with Crippen LogP contribution in [0.2, 0.25) is 0 Å². The van der Waals surface area contributed by atoms with Crippen molar-refractivity contribution in [3.05, 3.63) is 193 Å². The Hall–Kier alpha value is -6.38. The van der Waals surface area contributed by atoms with Crippen LogP contribution < -0.4 is 4.90 Å². The number of anilines is 3. The standard InChI is InChI=1S/C49H36N2/c1-49(2)42-23-11-8-19-38(42)41-22-14-26-45(47(41)49)50(36-30-27-34(28-31-36)33-15-4-3-5-16-33)48-37-18-7-6-17-35(37)29-32-46(48)51-43-24-12-9-20-39(43)40-21-10-13-25-44(40)51/h3-32H,1-2H3. The Morgan fingerprint density at radius 2 is 1.04 bits per heavy atom. The van der Waals surface area contributed by atoms with E-state index in [0.717, 1.165) is 17.1 Å². The molecule has 0 bridgehead atoms. The van der Waals surface area contributed by atoms with Crippen molar-refractivity contribution in [2.24, 2.45) is 0 Å². The Kier molecular flexibility index (Phi) is 6.56. The maximum Gasteiger partial charge on any atom is 0.0781 e. The van der Waals surface area contributed by atoms with Gasteiger partial charge < -0.3 is 9.47 Å². The average Bonchev–Trinajstić information content (AvgIpc) is 3.64. The molecule has 0 amide bonds. The summed E-state index contributed by atoms with van der Waals surface area (Å²) in [7, 11) is 0. The quantitative estimate of drug-likeness (QED) is 0.180. The lowest BCUT2D eigenvalue weighted by molar-refractivity contribution is 0.661. The summed E-state index contributed by atoms with van der Waals surface area (Å²) < 4.78 is 2.47. The number of fused-ring (bicyclic) bond motifs is 7. The predicted octanol–water partition coefficient (Wildman–Crippen LogP) is 13.4. The maximum atomic E-state index is 2.54. The van der Waals surface area contributed by atoms with E-state index < -0.39 is 0 Å². The molecule has 8 aromatic carbocycles. The highest BCUT2D eigenvalue weighted by Crippen LogP contribution is 2.55. The van der Waals surface area contributed by atoms with Gasteiger partial charge in [-0.05, 0) is 75.2 Å². The number of hydrogen-bond donors (Lipinski definition) is 0. The van der Waals surface area contributed by atoms with Crippen molar-refractivity contribution in [1.29, 1.82) is 0 Å². The van der Waals surface area contributed by atoms with E-state index in [2.05, 4.69) is 205 Å². The average molecular weight is 653 g/mol. The van der Waals surface area contributed by atoms with Gasteiger partial charge in [-0.1, -0.05) is 159 Å². The number of rotatable bonds is 5. The van der Waals surface area contributed by atoms with Crippen LogP contribution in [0, 0.1) is 0 Å². The van der Waals surface area contributed by atoms with Crippen molar-refractivity contribution in [3.63, 3.8) is 0 Å². The van der Waals surface area contributed by atoms with E-state index in [9.17, 15) is 0 Å². The summed E-state index contributed by atoms with van der Waals surface area (Å²) in [6.07, 6.45) is 0. The molecule has 0 N–H and O–H groups in total. The monoisotopic (exact) mass is 652 g/mol. The van der Waals surface area contributed by atoms with E-state index in [1.807, 2.05) is 0 Å². The van der Waals surface area contributed by atoms with Gasteiger partial charge in [-0.15, -0.1) is 0 Å². The van der Waals surface area contributed by atoms with Crippen LogP contribution in [0.4, 0.5) is 17.1 Å². The summed E-state index contributed by atoms with van der Waals surface area (Å²) >= 11 is 0. The molecular weight excluding hydrogens is 617 g/mol. The third-order valence-corrected chi connectivity index (χ3v) is 11.0.